The van der Waals surface area contributed by atoms with Crippen molar-refractivity contribution in [1.82, 2.24) is 14.5 Å². The lowest BCUT2D eigenvalue weighted by atomic mass is 9.83. The Morgan fingerprint density at radius 1 is 0.593 bits per heavy atom. The highest BCUT2D eigenvalue weighted by molar-refractivity contribution is 5.98. The first-order chi connectivity index (χ1) is 31.0. The highest BCUT2D eigenvalue weighted by Gasteiger charge is 2.25. The van der Waals surface area contributed by atoms with Crippen molar-refractivity contribution in [1.29, 1.82) is 0 Å². The fraction of sp³-hybridized carbons (Fsp3) is 0.127. The van der Waals surface area contributed by atoms with Crippen LogP contribution in [0.2, 0.25) is 0 Å². The molecule has 2 heterocycles. The van der Waals surface area contributed by atoms with E-state index in [4.69, 9.17) is 16.8 Å². The number of benzene rings is 7. The molecule has 7 aromatic carbocycles. The van der Waals surface area contributed by atoms with E-state index in [0.29, 0.717) is 28.2 Å². The summed E-state index contributed by atoms with van der Waals surface area (Å²) in [4.78, 5) is 10.2. The standard InChI is InChI=1S/C55H47N3O/c1-36(2)46-34-48(39-22-13-8-14-23-39)51(35-47(46)38-20-11-7-12-21-38)58-50-26-17-25-44(53(50)57-54(58)45-24-15-16-27-52(45)59)41-30-42(32-43(31-41)55(3,4)5)49-33-40(28-29-56-49)37-18-9-6-10-19-37/h6-36,59H,1-5H3/i6D,9D,10D,18D,19D,36D. The summed E-state index contributed by atoms with van der Waals surface area (Å²) in [5, 5.41) is 11.5. The van der Waals surface area contributed by atoms with Gasteiger partial charge in [-0.1, -0.05) is 156 Å². The van der Waals surface area contributed by atoms with Crippen LogP contribution >= 0.6 is 0 Å². The number of aromatic hydroxyl groups is 1. The van der Waals surface area contributed by atoms with E-state index < -0.39 is 24.0 Å². The second-order valence-corrected chi connectivity index (χ2v) is 16.1. The lowest BCUT2D eigenvalue weighted by molar-refractivity contribution is 0.477. The molecule has 288 valence electrons. The number of pyridine rings is 1. The van der Waals surface area contributed by atoms with E-state index >= 15 is 0 Å². The van der Waals surface area contributed by atoms with E-state index in [1.807, 2.05) is 74.5 Å². The molecule has 0 atom stereocenters. The number of fused-ring (bicyclic) bond motifs is 1. The van der Waals surface area contributed by atoms with Gasteiger partial charge in [-0.3, -0.25) is 9.55 Å². The van der Waals surface area contributed by atoms with Crippen molar-refractivity contribution in [2.75, 3.05) is 0 Å². The average Bonchev–Trinajstić information content (AvgIpc) is 3.69. The minimum Gasteiger partial charge on any atom is -0.507 e. The Bertz CT molecular complexity index is 3270. The van der Waals surface area contributed by atoms with Gasteiger partial charge in [0.05, 0.1) is 34.8 Å². The second kappa shape index (κ2) is 15.4. The molecule has 0 aliphatic carbocycles. The lowest BCUT2D eigenvalue weighted by Crippen LogP contribution is -2.11. The van der Waals surface area contributed by atoms with Crippen LogP contribution < -0.4 is 0 Å². The van der Waals surface area contributed by atoms with Gasteiger partial charge in [-0.2, -0.15) is 0 Å². The summed E-state index contributed by atoms with van der Waals surface area (Å²) in [6, 6.07) is 46.0. The number of aromatic nitrogens is 3. The van der Waals surface area contributed by atoms with Gasteiger partial charge in [0.1, 0.15) is 11.6 Å². The quantitative estimate of drug-likeness (QED) is 0.167. The summed E-state index contributed by atoms with van der Waals surface area (Å²) in [5.41, 5.74) is 11.9. The van der Waals surface area contributed by atoms with Crippen molar-refractivity contribution in [3.63, 3.8) is 0 Å². The minimum atomic E-state index is -0.948. The van der Waals surface area contributed by atoms with Crippen LogP contribution in [0.15, 0.2) is 182 Å². The molecule has 9 rings (SSSR count). The first kappa shape index (κ1) is 31.0. The number of imidazole rings is 1. The molecule has 59 heavy (non-hydrogen) atoms. The summed E-state index contributed by atoms with van der Waals surface area (Å²) < 4.78 is 53.6. The van der Waals surface area contributed by atoms with Crippen molar-refractivity contribution in [2.24, 2.45) is 0 Å². The van der Waals surface area contributed by atoms with Gasteiger partial charge in [0.15, 0.2) is 0 Å². The summed E-state index contributed by atoms with van der Waals surface area (Å²) in [6.07, 6.45) is 1.61. The molecule has 0 radical (unpaired) electrons. The zero-order valence-corrected chi connectivity index (χ0v) is 33.7. The Balaban J connectivity index is 1.33. The molecule has 0 aliphatic heterocycles. The Kier molecular flexibility index (Phi) is 8.08. The zero-order valence-electron chi connectivity index (χ0n) is 39.7. The van der Waals surface area contributed by atoms with E-state index in [-0.39, 0.29) is 28.8 Å². The van der Waals surface area contributed by atoms with Gasteiger partial charge in [-0.15, -0.1) is 0 Å². The molecule has 0 saturated heterocycles. The molecule has 0 bridgehead atoms. The maximum atomic E-state index is 11.5. The Morgan fingerprint density at radius 2 is 1.25 bits per heavy atom. The van der Waals surface area contributed by atoms with Crippen LogP contribution in [-0.4, -0.2) is 19.6 Å². The van der Waals surface area contributed by atoms with Gasteiger partial charge in [0, 0.05) is 24.3 Å². The second-order valence-electron chi connectivity index (χ2n) is 16.1. The molecule has 0 fully saturated rings. The van der Waals surface area contributed by atoms with Crippen molar-refractivity contribution in [2.45, 2.75) is 45.9 Å². The molecule has 4 nitrogen and oxygen atoms in total. The summed E-state index contributed by atoms with van der Waals surface area (Å²) in [7, 11) is 0. The minimum absolute atomic E-state index is 0.0844. The van der Waals surface area contributed by atoms with Crippen LogP contribution in [0.5, 0.6) is 5.75 Å². The molecule has 0 aliphatic rings. The van der Waals surface area contributed by atoms with Crippen LogP contribution in [0.3, 0.4) is 0 Å². The molecule has 0 spiro atoms. The number of phenols is 1. The predicted molar refractivity (Wildman–Crippen MR) is 246 cm³/mol. The van der Waals surface area contributed by atoms with Crippen molar-refractivity contribution >= 4 is 11.0 Å². The molecule has 4 heteroatoms. The number of hydrogen-bond donors (Lipinski definition) is 1. The van der Waals surface area contributed by atoms with Crippen molar-refractivity contribution in [3.8, 4) is 78.6 Å². The molecule has 9 aromatic rings. The van der Waals surface area contributed by atoms with Crippen LogP contribution in [0.4, 0.5) is 0 Å². The highest BCUT2D eigenvalue weighted by atomic mass is 16.3. The highest BCUT2D eigenvalue weighted by Crippen LogP contribution is 2.44. The van der Waals surface area contributed by atoms with Gasteiger partial charge in [-0.25, -0.2) is 4.98 Å². The molecule has 0 saturated carbocycles. The largest absolute Gasteiger partial charge is 0.507 e. The number of rotatable bonds is 8. The van der Waals surface area contributed by atoms with Crippen molar-refractivity contribution < 1.29 is 13.3 Å². The maximum Gasteiger partial charge on any atom is 0.149 e. The number of nitrogens with zero attached hydrogens (tertiary/aromatic N) is 3. The Hall–Kier alpha value is -7.04. The maximum absolute atomic E-state index is 11.5. The third kappa shape index (κ3) is 7.23. The number of hydrogen-bond acceptors (Lipinski definition) is 3. The van der Waals surface area contributed by atoms with E-state index in [2.05, 4.69) is 86.0 Å². The fourth-order valence-electron chi connectivity index (χ4n) is 7.81. The number of para-hydroxylation sites is 2. The predicted octanol–water partition coefficient (Wildman–Crippen LogP) is 14.5. The van der Waals surface area contributed by atoms with Crippen molar-refractivity contribution in [3.05, 3.63) is 193 Å². The first-order valence-corrected chi connectivity index (χ1v) is 19.8. The topological polar surface area (TPSA) is 50.9 Å². The first-order valence-electron chi connectivity index (χ1n) is 22.8. The molecular formula is C55H47N3O. The van der Waals surface area contributed by atoms with E-state index in [9.17, 15) is 6.48 Å². The van der Waals surface area contributed by atoms with Gasteiger partial charge >= 0.3 is 0 Å². The smallest absolute Gasteiger partial charge is 0.149 e. The summed E-state index contributed by atoms with van der Waals surface area (Å²) in [5.74, 6) is -0.322. The van der Waals surface area contributed by atoms with Crippen LogP contribution in [-0.2, 0) is 5.41 Å². The number of phenolic OH excluding ortho intramolecular Hbond substituents is 1. The fourth-order valence-corrected chi connectivity index (χ4v) is 7.81. The van der Waals surface area contributed by atoms with E-state index in [1.165, 1.54) is 0 Å². The normalized spacial score (nSPS) is 13.3. The average molecular weight is 772 g/mol. The molecule has 0 unspecified atom stereocenters. The lowest BCUT2D eigenvalue weighted by Gasteiger charge is -2.22. The van der Waals surface area contributed by atoms with Crippen LogP contribution in [0.1, 0.15) is 59.9 Å². The zero-order chi connectivity index (χ0) is 45.9. The van der Waals surface area contributed by atoms with Crippen LogP contribution in [0.25, 0.3) is 83.9 Å². The van der Waals surface area contributed by atoms with Gasteiger partial charge in [0.2, 0.25) is 0 Å². The molecular weight excluding hydrogens is 719 g/mol. The van der Waals surface area contributed by atoms with E-state index in [0.717, 1.165) is 61.3 Å². The Labute approximate surface area is 355 Å². The molecule has 1 N–H and O–H groups in total. The molecule has 0 amide bonds. The third-order valence-corrected chi connectivity index (χ3v) is 10.9. The summed E-state index contributed by atoms with van der Waals surface area (Å²) in [6.45, 7) is 10.3. The summed E-state index contributed by atoms with van der Waals surface area (Å²) >= 11 is 0. The van der Waals surface area contributed by atoms with Crippen LogP contribution in [0, 0.1) is 0 Å². The van der Waals surface area contributed by atoms with Gasteiger partial charge in [-0.05, 0) is 110 Å². The Morgan fingerprint density at radius 3 is 1.95 bits per heavy atom. The van der Waals surface area contributed by atoms with E-state index in [1.54, 1.807) is 30.5 Å². The third-order valence-electron chi connectivity index (χ3n) is 10.9. The van der Waals surface area contributed by atoms with Gasteiger partial charge in [0.25, 0.3) is 0 Å². The SMILES string of the molecule is [2H]c1c([2H])c([2H])c(-c2ccnc(-c3cc(-c4cccc5c4nc(-c4ccccc4O)n5-c4cc(-c5ccccc5)c(C([2H])(C)C)cc4-c4ccccc4)cc(C(C)(C)C)c3)c2)c([2H])c1[2H]. The monoisotopic (exact) mass is 771 g/mol. The molecule has 2 aromatic heterocycles. The van der Waals surface area contributed by atoms with Gasteiger partial charge < -0.3 is 5.11 Å².